The Hall–Kier alpha value is -3.22. The average Bonchev–Trinajstić information content (AvgIpc) is 1.52. The second-order valence-corrected chi connectivity index (χ2v) is 46.3. The molecule has 626 valence electrons. The maximum absolute atomic E-state index is 12.4. The Labute approximate surface area is 675 Å². The van der Waals surface area contributed by atoms with Crippen molar-refractivity contribution < 1.29 is 62.3 Å². The summed E-state index contributed by atoms with van der Waals surface area (Å²) in [6.45, 7) is 41.0. The molecule has 0 aromatic carbocycles. The van der Waals surface area contributed by atoms with Gasteiger partial charge in [-0.15, -0.1) is 0 Å². The van der Waals surface area contributed by atoms with Crippen LogP contribution in [0.5, 0.6) is 0 Å². The second-order valence-electron chi connectivity index (χ2n) is 46.3. The number of hydrogen-bond donors (Lipinski definition) is 1. The molecule has 13 heteroatoms. The maximum atomic E-state index is 12.4. The van der Waals surface area contributed by atoms with Crippen LogP contribution in [0, 0.1) is 278 Å². The first-order valence-electron chi connectivity index (χ1n) is 48.2. The molecule has 0 aromatic rings. The van der Waals surface area contributed by atoms with Crippen molar-refractivity contribution in [2.45, 2.75) is 270 Å². The summed E-state index contributed by atoms with van der Waals surface area (Å²) in [5, 5.41) is 9.46. The summed E-state index contributed by atoms with van der Waals surface area (Å²) in [4.78, 5) is 70.3. The molecular formula is C99H152O13. The number of hydrogen-bond acceptors (Lipinski definition) is 13. The summed E-state index contributed by atoms with van der Waals surface area (Å²) >= 11 is 0. The fourth-order valence-electron chi connectivity index (χ4n) is 36.3. The molecule has 0 radical (unpaired) electrons. The highest BCUT2D eigenvalue weighted by Gasteiger charge is 2.69. The smallest absolute Gasteiger partial charge is 0.312 e. The number of cyclic esters (lactones) is 6. The zero-order valence-corrected chi connectivity index (χ0v) is 72.3. The largest absolute Gasteiger partial charge is 0.465 e. The molecule has 0 aromatic heterocycles. The van der Waals surface area contributed by atoms with Gasteiger partial charge in [-0.05, 0) is 391 Å². The molecule has 6 heterocycles. The molecule has 25 fully saturated rings. The third-order valence-electron chi connectivity index (χ3n) is 42.7. The molecule has 6 aliphatic heterocycles. The van der Waals surface area contributed by atoms with Gasteiger partial charge in [0.25, 0.3) is 0 Å². The van der Waals surface area contributed by atoms with Gasteiger partial charge in [-0.2, -0.15) is 0 Å². The van der Waals surface area contributed by atoms with Gasteiger partial charge in [0, 0.05) is 25.4 Å². The van der Waals surface area contributed by atoms with Crippen molar-refractivity contribution in [2.75, 3.05) is 33.0 Å². The van der Waals surface area contributed by atoms with E-state index in [1.807, 2.05) is 0 Å². The number of fused-ring (bicyclic) bond motifs is 28. The minimum absolute atomic E-state index is 0.0310. The molecule has 1 N–H and O–H groups in total. The van der Waals surface area contributed by atoms with E-state index in [0.29, 0.717) is 86.8 Å². The molecule has 25 rings (SSSR count). The lowest BCUT2D eigenvalue weighted by Crippen LogP contribution is -2.45. The SMILES string of the molecule is CC1C(C)C2CC1C1C3CC(C4CC(C)(C)OC4=O)C(C3)C21.CC1C(C)C2CC1C1COC(=O)C21.CC1C2CC(C1C)C1(CCOC1=O)C2.CC1C2CC(C3CCC(=O)O3)C(C2)C1C.CC1C2CC(C3CCOC3=O)C(C2)C1C.CC1CC2C3CC(CC3C3CCOC3=O)C2C1C.CC1CC2C3CCC(CC3CO)C2C1C. The van der Waals surface area contributed by atoms with E-state index in [1.165, 1.54) is 103 Å². The molecule has 6 saturated heterocycles. The quantitative estimate of drug-likeness (QED) is 0.156. The van der Waals surface area contributed by atoms with E-state index in [4.69, 9.17) is 28.4 Å². The van der Waals surface area contributed by atoms with E-state index < -0.39 is 0 Å². The fraction of sp³-hybridized carbons (Fsp3) is 0.939. The molecule has 13 nitrogen and oxygen atoms in total. The van der Waals surface area contributed by atoms with Crippen LogP contribution >= 0.6 is 0 Å². The van der Waals surface area contributed by atoms with Gasteiger partial charge >= 0.3 is 35.8 Å². The summed E-state index contributed by atoms with van der Waals surface area (Å²) in [5.41, 5.74) is -0.268. The molecule has 19 aliphatic carbocycles. The molecule has 112 heavy (non-hydrogen) atoms. The van der Waals surface area contributed by atoms with Crippen LogP contribution in [0.25, 0.3) is 0 Å². The van der Waals surface area contributed by atoms with Crippen LogP contribution in [0.1, 0.15) is 258 Å². The first kappa shape index (κ1) is 79.9. The molecule has 1 spiro atoms. The molecule has 48 atom stereocenters. The zero-order chi connectivity index (χ0) is 78.6. The lowest BCUT2D eigenvalue weighted by atomic mass is 9.54. The maximum Gasteiger partial charge on any atom is 0.312 e. The normalized spacial score (nSPS) is 57.1. The fourth-order valence-corrected chi connectivity index (χ4v) is 36.3. The van der Waals surface area contributed by atoms with Gasteiger partial charge in [0.1, 0.15) is 11.7 Å². The first-order valence-corrected chi connectivity index (χ1v) is 48.2. The van der Waals surface area contributed by atoms with Crippen molar-refractivity contribution in [3.05, 3.63) is 0 Å². The van der Waals surface area contributed by atoms with Crippen LogP contribution < -0.4 is 0 Å². The van der Waals surface area contributed by atoms with Gasteiger partial charge in [0.05, 0.1) is 55.5 Å². The van der Waals surface area contributed by atoms with E-state index in [-0.39, 0.29) is 76.6 Å². The van der Waals surface area contributed by atoms with Crippen molar-refractivity contribution in [2.24, 2.45) is 278 Å². The number of carbonyl (C=O) groups is 6. The predicted octanol–water partition coefficient (Wildman–Crippen LogP) is 19.2. The number of rotatable bonds is 5. The van der Waals surface area contributed by atoms with Crippen LogP contribution in [0.4, 0.5) is 0 Å². The average molecular weight is 1550 g/mol. The molecule has 19 saturated carbocycles. The van der Waals surface area contributed by atoms with E-state index in [9.17, 15) is 33.9 Å². The number of carbonyl (C=O) groups excluding carboxylic acids is 6. The summed E-state index contributed by atoms with van der Waals surface area (Å²) in [6, 6.07) is 0. The van der Waals surface area contributed by atoms with Gasteiger partial charge in [0.15, 0.2) is 0 Å². The Morgan fingerprint density at radius 1 is 0.348 bits per heavy atom. The molecule has 16 bridgehead atoms. The highest BCUT2D eigenvalue weighted by molar-refractivity contribution is 5.80. The highest BCUT2D eigenvalue weighted by atomic mass is 16.6. The zero-order valence-electron chi connectivity index (χ0n) is 72.3. The third-order valence-corrected chi connectivity index (χ3v) is 42.7. The Morgan fingerprint density at radius 2 is 0.848 bits per heavy atom. The minimum atomic E-state index is -0.223. The predicted molar refractivity (Wildman–Crippen MR) is 430 cm³/mol. The van der Waals surface area contributed by atoms with Gasteiger partial charge in [-0.25, -0.2) is 0 Å². The van der Waals surface area contributed by atoms with E-state index in [2.05, 4.69) is 111 Å². The van der Waals surface area contributed by atoms with E-state index in [0.717, 1.165) is 240 Å². The Balaban J connectivity index is 0.0000000919. The van der Waals surface area contributed by atoms with Crippen LogP contribution in [0.15, 0.2) is 0 Å². The van der Waals surface area contributed by atoms with Crippen LogP contribution in [0.3, 0.4) is 0 Å². The van der Waals surface area contributed by atoms with E-state index in [1.54, 1.807) is 0 Å². The van der Waals surface area contributed by atoms with Crippen molar-refractivity contribution in [3.63, 3.8) is 0 Å². The number of ether oxygens (including phenoxy) is 6. The Morgan fingerprint density at radius 3 is 1.40 bits per heavy atom. The summed E-state index contributed by atoms with van der Waals surface area (Å²) in [7, 11) is 0. The van der Waals surface area contributed by atoms with E-state index >= 15 is 0 Å². The second kappa shape index (κ2) is 30.2. The van der Waals surface area contributed by atoms with Crippen molar-refractivity contribution in [3.8, 4) is 0 Å². The molecule has 0 amide bonds. The first-order chi connectivity index (χ1) is 53.5. The molecule has 25 aliphatic rings. The minimum Gasteiger partial charge on any atom is -0.465 e. The summed E-state index contributed by atoms with van der Waals surface area (Å²) < 4.78 is 31.8. The van der Waals surface area contributed by atoms with Crippen LogP contribution in [-0.2, 0) is 57.2 Å². The van der Waals surface area contributed by atoms with Gasteiger partial charge < -0.3 is 33.5 Å². The van der Waals surface area contributed by atoms with Gasteiger partial charge in [0.2, 0.25) is 0 Å². The van der Waals surface area contributed by atoms with Crippen molar-refractivity contribution in [1.29, 1.82) is 0 Å². The third kappa shape index (κ3) is 12.9. The molecule has 48 unspecified atom stereocenters. The summed E-state index contributed by atoms with van der Waals surface area (Å²) in [5.74, 6) is 37.0. The summed E-state index contributed by atoms with van der Waals surface area (Å²) in [6.07, 6.45) is 28.9. The number of esters is 6. The topological polar surface area (TPSA) is 178 Å². The highest BCUT2D eigenvalue weighted by Crippen LogP contribution is 2.74. The van der Waals surface area contributed by atoms with Gasteiger partial charge in [-0.1, -0.05) is 96.9 Å². The Kier molecular flexibility index (Phi) is 21.5. The monoisotopic (exact) mass is 1550 g/mol. The standard InChI is InChI=1S/C20H30O2.C16H24O2.C14H24O.2C13H20O2.C12H18O2.C11H16O2/c1-9-10(2)13-7-12(9)17-11-5-14(15(6-11)18(13)17)16-8-20(3,4)22-19(16)21;1-8-5-14-13-7-10(15(14)9(8)2)6-12(13)11-3-4-18-16(11)17;1-8-5-13-12-4-3-10(6-11(12)7-15)14(13)9(8)2;1-7-8(2)10-5-9(7)6-11(10)12-3-4-13(14)15-12;1-7-8(2)11-5-9(7)6-12(11)10-3-4-15-13(10)14;1-7-8(2)10-5-9(7)6-12(10)3-4-14-11(12)13;1-5-6(2)8-3-7(5)9-4-13-11(12)10(8)9/h9-18H,5-8H2,1-4H3;8-15H,3-7H2,1-2H3;8-15H,3-7H2,1-2H3;2*7-12H,3-6H2,1-2H3;7-10H,3-6H2,1-2H3;5-10H,3-4H2,1-2H3. The Bertz CT molecular complexity index is 3500. The number of aliphatic hydroxyl groups is 1. The lowest BCUT2D eigenvalue weighted by Gasteiger charge is -2.51. The van der Waals surface area contributed by atoms with Crippen molar-refractivity contribution >= 4 is 35.8 Å². The van der Waals surface area contributed by atoms with Gasteiger partial charge in [-0.3, -0.25) is 28.8 Å². The van der Waals surface area contributed by atoms with Crippen LogP contribution in [-0.4, -0.2) is 85.7 Å². The lowest BCUT2D eigenvalue weighted by molar-refractivity contribution is -0.151. The van der Waals surface area contributed by atoms with Crippen LogP contribution in [0.2, 0.25) is 0 Å². The van der Waals surface area contributed by atoms with Crippen molar-refractivity contribution in [1.82, 2.24) is 0 Å². The number of aliphatic hydroxyl groups excluding tert-OH is 1. The molecular weight excluding hydrogens is 1400 g/mol.